The quantitative estimate of drug-likeness (QED) is 0.651. The third-order valence-corrected chi connectivity index (χ3v) is 1.68. The highest BCUT2D eigenvalue weighted by Gasteiger charge is 2.03. The summed E-state index contributed by atoms with van der Waals surface area (Å²) in [7, 11) is 0. The summed E-state index contributed by atoms with van der Waals surface area (Å²) < 4.78 is 0. The van der Waals surface area contributed by atoms with Crippen LogP contribution < -0.4 is 0 Å². The molecule has 3 heteroatoms. The van der Waals surface area contributed by atoms with E-state index in [1.165, 1.54) is 12.1 Å². The molecule has 0 aliphatic rings. The van der Waals surface area contributed by atoms with E-state index in [1.54, 1.807) is 6.07 Å². The van der Waals surface area contributed by atoms with Crippen molar-refractivity contribution >= 4 is 12.2 Å². The van der Waals surface area contributed by atoms with E-state index in [2.05, 4.69) is 0 Å². The summed E-state index contributed by atoms with van der Waals surface area (Å²) in [6.45, 7) is 1.84. The molecule has 0 aliphatic carbocycles. The molecule has 3 nitrogen and oxygen atoms in total. The summed E-state index contributed by atoms with van der Waals surface area (Å²) in [6.07, 6.45) is 1.15. The normalized spacial score (nSPS) is 9.42. The van der Waals surface area contributed by atoms with Gasteiger partial charge in [-0.05, 0) is 30.2 Å². The van der Waals surface area contributed by atoms with Crippen LogP contribution in [0, 0.1) is 12.3 Å². The second-order valence-corrected chi connectivity index (χ2v) is 2.52. The van der Waals surface area contributed by atoms with Crippen molar-refractivity contribution in [1.29, 1.82) is 5.41 Å². The van der Waals surface area contributed by atoms with Crippen LogP contribution in [0.2, 0.25) is 0 Å². The van der Waals surface area contributed by atoms with Crippen molar-refractivity contribution in [2.75, 3.05) is 0 Å². The van der Waals surface area contributed by atoms with Gasteiger partial charge in [0.05, 0.1) is 5.56 Å². The number of aryl methyl sites for hydroxylation is 1. The molecule has 0 heterocycles. The van der Waals surface area contributed by atoms with E-state index in [-0.39, 0.29) is 5.56 Å². The van der Waals surface area contributed by atoms with Gasteiger partial charge in [0, 0.05) is 6.21 Å². The second-order valence-electron chi connectivity index (χ2n) is 2.52. The van der Waals surface area contributed by atoms with Crippen LogP contribution in [0.5, 0.6) is 0 Å². The summed E-state index contributed by atoms with van der Waals surface area (Å²) in [5.74, 6) is -0.960. The molecular weight excluding hydrogens is 154 g/mol. The number of hydrogen-bond acceptors (Lipinski definition) is 2. The average molecular weight is 163 g/mol. The molecule has 0 radical (unpaired) electrons. The molecular formula is C9H9NO2. The zero-order chi connectivity index (χ0) is 9.14. The van der Waals surface area contributed by atoms with E-state index < -0.39 is 5.97 Å². The molecule has 0 saturated heterocycles. The van der Waals surface area contributed by atoms with Crippen molar-refractivity contribution in [3.63, 3.8) is 0 Å². The van der Waals surface area contributed by atoms with Gasteiger partial charge >= 0.3 is 5.97 Å². The highest BCUT2D eigenvalue weighted by atomic mass is 16.4. The van der Waals surface area contributed by atoms with Crippen molar-refractivity contribution in [1.82, 2.24) is 0 Å². The predicted octanol–water partition coefficient (Wildman–Crippen LogP) is 1.69. The van der Waals surface area contributed by atoms with Crippen LogP contribution in [0.15, 0.2) is 18.2 Å². The summed E-state index contributed by atoms with van der Waals surface area (Å²) in [6, 6.07) is 4.72. The number of rotatable bonds is 2. The number of aromatic carboxylic acids is 1. The summed E-state index contributed by atoms with van der Waals surface area (Å²) in [5.41, 5.74) is 1.78. The van der Waals surface area contributed by atoms with Gasteiger partial charge in [-0.1, -0.05) is 6.07 Å². The SMILES string of the molecule is Cc1ccc(C(=O)O)cc1C=N. The Balaban J connectivity index is 3.22. The lowest BCUT2D eigenvalue weighted by molar-refractivity contribution is 0.0697. The Bertz CT molecular complexity index is 331. The van der Waals surface area contributed by atoms with Gasteiger partial charge < -0.3 is 10.5 Å². The molecule has 12 heavy (non-hydrogen) atoms. The molecule has 1 aromatic carbocycles. The van der Waals surface area contributed by atoms with Crippen LogP contribution >= 0.6 is 0 Å². The van der Waals surface area contributed by atoms with Gasteiger partial charge in [-0.2, -0.15) is 0 Å². The molecule has 0 aliphatic heterocycles. The summed E-state index contributed by atoms with van der Waals surface area (Å²) in [5, 5.41) is 15.6. The maximum Gasteiger partial charge on any atom is 0.335 e. The molecule has 0 spiro atoms. The van der Waals surface area contributed by atoms with E-state index in [1.807, 2.05) is 6.92 Å². The van der Waals surface area contributed by atoms with Crippen molar-refractivity contribution in [2.45, 2.75) is 6.92 Å². The van der Waals surface area contributed by atoms with Crippen LogP contribution in [0.1, 0.15) is 21.5 Å². The van der Waals surface area contributed by atoms with Crippen molar-refractivity contribution < 1.29 is 9.90 Å². The smallest absolute Gasteiger partial charge is 0.335 e. The van der Waals surface area contributed by atoms with Crippen LogP contribution in [0.25, 0.3) is 0 Å². The Hall–Kier alpha value is -1.64. The minimum absolute atomic E-state index is 0.221. The average Bonchev–Trinajstić information content (AvgIpc) is 2.05. The Kier molecular flexibility index (Phi) is 2.24. The van der Waals surface area contributed by atoms with E-state index in [4.69, 9.17) is 10.5 Å². The Morgan fingerprint density at radius 1 is 1.58 bits per heavy atom. The Labute approximate surface area is 70.2 Å². The standard InChI is InChI=1S/C9H9NO2/c1-6-2-3-7(9(11)12)4-8(6)5-10/h2-5,10H,1H3,(H,11,12). The molecule has 0 bridgehead atoms. The van der Waals surface area contributed by atoms with E-state index in [9.17, 15) is 4.79 Å². The fraction of sp³-hybridized carbons (Fsp3) is 0.111. The topological polar surface area (TPSA) is 61.1 Å². The van der Waals surface area contributed by atoms with Gasteiger partial charge in [-0.15, -0.1) is 0 Å². The first kappa shape index (κ1) is 8.46. The van der Waals surface area contributed by atoms with Crippen molar-refractivity contribution in [3.8, 4) is 0 Å². The van der Waals surface area contributed by atoms with Crippen LogP contribution in [0.3, 0.4) is 0 Å². The maximum atomic E-state index is 10.5. The third-order valence-electron chi connectivity index (χ3n) is 1.68. The number of carbonyl (C=O) groups is 1. The Morgan fingerprint density at radius 3 is 2.75 bits per heavy atom. The zero-order valence-corrected chi connectivity index (χ0v) is 6.66. The number of carboxylic acids is 1. The van der Waals surface area contributed by atoms with Crippen molar-refractivity contribution in [2.24, 2.45) is 0 Å². The first-order valence-electron chi connectivity index (χ1n) is 3.49. The summed E-state index contributed by atoms with van der Waals surface area (Å²) in [4.78, 5) is 10.5. The monoisotopic (exact) mass is 163 g/mol. The summed E-state index contributed by atoms with van der Waals surface area (Å²) >= 11 is 0. The minimum Gasteiger partial charge on any atom is -0.478 e. The fourth-order valence-corrected chi connectivity index (χ4v) is 0.929. The first-order valence-corrected chi connectivity index (χ1v) is 3.49. The van der Waals surface area contributed by atoms with Gasteiger partial charge in [-0.25, -0.2) is 4.79 Å². The molecule has 1 rings (SSSR count). The molecule has 2 N–H and O–H groups in total. The number of hydrogen-bond donors (Lipinski definition) is 2. The van der Waals surface area contributed by atoms with Gasteiger partial charge in [0.1, 0.15) is 0 Å². The van der Waals surface area contributed by atoms with Crippen LogP contribution in [-0.4, -0.2) is 17.3 Å². The zero-order valence-electron chi connectivity index (χ0n) is 6.66. The molecule has 0 unspecified atom stereocenters. The highest BCUT2D eigenvalue weighted by molar-refractivity contribution is 5.91. The van der Waals surface area contributed by atoms with Gasteiger partial charge in [0.2, 0.25) is 0 Å². The van der Waals surface area contributed by atoms with E-state index >= 15 is 0 Å². The Morgan fingerprint density at radius 2 is 2.25 bits per heavy atom. The third kappa shape index (κ3) is 1.50. The first-order chi connectivity index (χ1) is 5.65. The lowest BCUT2D eigenvalue weighted by Crippen LogP contribution is -1.98. The lowest BCUT2D eigenvalue weighted by Gasteiger charge is -1.99. The fourth-order valence-electron chi connectivity index (χ4n) is 0.929. The molecule has 0 amide bonds. The molecule has 0 fully saturated rings. The number of nitrogens with one attached hydrogen (secondary N) is 1. The molecule has 0 aromatic heterocycles. The maximum absolute atomic E-state index is 10.5. The highest BCUT2D eigenvalue weighted by Crippen LogP contribution is 2.08. The van der Waals surface area contributed by atoms with E-state index in [0.29, 0.717) is 5.56 Å². The van der Waals surface area contributed by atoms with Gasteiger partial charge in [0.15, 0.2) is 0 Å². The molecule has 1 aromatic rings. The molecule has 62 valence electrons. The van der Waals surface area contributed by atoms with Crippen molar-refractivity contribution in [3.05, 3.63) is 34.9 Å². The van der Waals surface area contributed by atoms with Gasteiger partial charge in [0.25, 0.3) is 0 Å². The molecule has 0 atom stereocenters. The van der Waals surface area contributed by atoms with Crippen LogP contribution in [0.4, 0.5) is 0 Å². The van der Waals surface area contributed by atoms with Gasteiger partial charge in [-0.3, -0.25) is 0 Å². The number of carboxylic acid groups (broad SMARTS) is 1. The van der Waals surface area contributed by atoms with E-state index in [0.717, 1.165) is 11.8 Å². The molecule has 0 saturated carbocycles. The largest absolute Gasteiger partial charge is 0.478 e. The second kappa shape index (κ2) is 3.17. The number of benzene rings is 1. The minimum atomic E-state index is -0.960. The predicted molar refractivity (Wildman–Crippen MR) is 46.0 cm³/mol. The van der Waals surface area contributed by atoms with Crippen LogP contribution in [-0.2, 0) is 0 Å². The lowest BCUT2D eigenvalue weighted by atomic mass is 10.1.